The van der Waals surface area contributed by atoms with Crippen molar-refractivity contribution >= 4 is 17.8 Å². The highest BCUT2D eigenvalue weighted by Gasteiger charge is 2.13. The molecule has 1 N–H and O–H groups in total. The highest BCUT2D eigenvalue weighted by Crippen LogP contribution is 2.29. The SMILES string of the molecule is COc1ccc(OCCOc2ccc(/C=C(/C#N)C(=O)Nc3cc(C)on3)cc2OC)cc1. The van der Waals surface area contributed by atoms with Crippen LogP contribution in [-0.4, -0.2) is 38.5 Å². The van der Waals surface area contributed by atoms with Gasteiger partial charge in [0.25, 0.3) is 5.91 Å². The predicted octanol–water partition coefficient (Wildman–Crippen LogP) is 4.00. The molecule has 1 amide bonds. The lowest BCUT2D eigenvalue weighted by Gasteiger charge is -2.12. The molecule has 0 atom stereocenters. The Labute approximate surface area is 191 Å². The van der Waals surface area contributed by atoms with E-state index in [-0.39, 0.29) is 11.4 Å². The number of rotatable bonds is 10. The number of carbonyl (C=O) groups excluding carboxylic acids is 1. The lowest BCUT2D eigenvalue weighted by molar-refractivity contribution is -0.112. The minimum absolute atomic E-state index is 0.0979. The third kappa shape index (κ3) is 6.51. The maximum Gasteiger partial charge on any atom is 0.267 e. The van der Waals surface area contributed by atoms with Gasteiger partial charge in [-0.3, -0.25) is 4.79 Å². The van der Waals surface area contributed by atoms with Gasteiger partial charge in [0.15, 0.2) is 17.3 Å². The van der Waals surface area contributed by atoms with Gasteiger partial charge in [-0.05, 0) is 55.0 Å². The smallest absolute Gasteiger partial charge is 0.267 e. The van der Waals surface area contributed by atoms with Crippen molar-refractivity contribution in [2.75, 3.05) is 32.8 Å². The molecule has 0 saturated carbocycles. The van der Waals surface area contributed by atoms with Crippen LogP contribution >= 0.6 is 0 Å². The maximum atomic E-state index is 12.3. The third-order valence-electron chi connectivity index (χ3n) is 4.40. The number of anilines is 1. The number of hydrogen-bond donors (Lipinski definition) is 1. The number of hydrogen-bond acceptors (Lipinski definition) is 8. The van der Waals surface area contributed by atoms with E-state index in [4.69, 9.17) is 23.5 Å². The third-order valence-corrected chi connectivity index (χ3v) is 4.40. The number of nitrogens with zero attached hydrogens (tertiary/aromatic N) is 2. The maximum absolute atomic E-state index is 12.3. The zero-order chi connectivity index (χ0) is 23.6. The van der Waals surface area contributed by atoms with Crippen LogP contribution in [-0.2, 0) is 4.79 Å². The number of ether oxygens (including phenoxy) is 4. The minimum Gasteiger partial charge on any atom is -0.497 e. The van der Waals surface area contributed by atoms with E-state index >= 15 is 0 Å². The Balaban J connectivity index is 1.60. The van der Waals surface area contributed by atoms with E-state index in [0.29, 0.717) is 41.8 Å². The van der Waals surface area contributed by atoms with Crippen LogP contribution in [0.1, 0.15) is 11.3 Å². The number of nitrogens with one attached hydrogen (secondary N) is 1. The van der Waals surface area contributed by atoms with Gasteiger partial charge in [0.2, 0.25) is 0 Å². The van der Waals surface area contributed by atoms with Gasteiger partial charge in [-0.25, -0.2) is 0 Å². The van der Waals surface area contributed by atoms with E-state index < -0.39 is 5.91 Å². The number of methoxy groups -OCH3 is 2. The highest BCUT2D eigenvalue weighted by atomic mass is 16.5. The van der Waals surface area contributed by atoms with Crippen molar-refractivity contribution in [1.29, 1.82) is 5.26 Å². The average Bonchev–Trinajstić information content (AvgIpc) is 3.25. The molecule has 0 unspecified atom stereocenters. The Kier molecular flexibility index (Phi) is 7.91. The van der Waals surface area contributed by atoms with Crippen LogP contribution in [0.2, 0.25) is 0 Å². The van der Waals surface area contributed by atoms with Crippen LogP contribution < -0.4 is 24.3 Å². The number of benzene rings is 2. The number of aromatic nitrogens is 1. The zero-order valence-corrected chi connectivity index (χ0v) is 18.5. The topological polar surface area (TPSA) is 116 Å². The molecule has 2 aromatic carbocycles. The Morgan fingerprint density at radius 1 is 1.03 bits per heavy atom. The number of aryl methyl sites for hydroxylation is 1. The number of nitriles is 1. The van der Waals surface area contributed by atoms with Crippen molar-refractivity contribution in [2.24, 2.45) is 0 Å². The Hall–Kier alpha value is -4.45. The van der Waals surface area contributed by atoms with Gasteiger partial charge < -0.3 is 28.8 Å². The van der Waals surface area contributed by atoms with Gasteiger partial charge in [0.05, 0.1) is 14.2 Å². The summed E-state index contributed by atoms with van der Waals surface area (Å²) in [5, 5.41) is 15.6. The number of carbonyl (C=O) groups is 1. The Bertz CT molecular complexity index is 1160. The summed E-state index contributed by atoms with van der Waals surface area (Å²) >= 11 is 0. The molecule has 3 aromatic rings. The van der Waals surface area contributed by atoms with Crippen molar-refractivity contribution in [2.45, 2.75) is 6.92 Å². The second-order valence-electron chi connectivity index (χ2n) is 6.73. The first-order valence-corrected chi connectivity index (χ1v) is 9.96. The molecule has 0 aliphatic heterocycles. The lowest BCUT2D eigenvalue weighted by atomic mass is 10.1. The van der Waals surface area contributed by atoms with Crippen LogP contribution in [0, 0.1) is 18.3 Å². The van der Waals surface area contributed by atoms with Crippen molar-refractivity contribution < 1.29 is 28.3 Å². The van der Waals surface area contributed by atoms with Crippen LogP contribution in [0.3, 0.4) is 0 Å². The van der Waals surface area contributed by atoms with Crippen molar-refractivity contribution in [3.05, 3.63) is 65.4 Å². The molecule has 33 heavy (non-hydrogen) atoms. The molecule has 0 aliphatic rings. The molecule has 170 valence electrons. The van der Waals surface area contributed by atoms with Gasteiger partial charge >= 0.3 is 0 Å². The summed E-state index contributed by atoms with van der Waals surface area (Å²) in [6.45, 7) is 2.32. The molecular weight excluding hydrogens is 426 g/mol. The van der Waals surface area contributed by atoms with E-state index in [0.717, 1.165) is 5.75 Å². The van der Waals surface area contributed by atoms with Gasteiger partial charge in [-0.2, -0.15) is 5.26 Å². The monoisotopic (exact) mass is 449 g/mol. The van der Waals surface area contributed by atoms with E-state index in [2.05, 4.69) is 10.5 Å². The largest absolute Gasteiger partial charge is 0.497 e. The van der Waals surface area contributed by atoms with Gasteiger partial charge in [-0.15, -0.1) is 0 Å². The molecule has 1 aromatic heterocycles. The fourth-order valence-electron chi connectivity index (χ4n) is 2.80. The summed E-state index contributed by atoms with van der Waals surface area (Å²) < 4.78 is 26.8. The fourth-order valence-corrected chi connectivity index (χ4v) is 2.80. The molecule has 3 rings (SSSR count). The molecule has 0 fully saturated rings. The van der Waals surface area contributed by atoms with Crippen molar-refractivity contribution in [3.8, 4) is 29.1 Å². The van der Waals surface area contributed by atoms with E-state index in [9.17, 15) is 10.1 Å². The average molecular weight is 449 g/mol. The van der Waals surface area contributed by atoms with Crippen LogP contribution in [0.15, 0.2) is 58.6 Å². The summed E-state index contributed by atoms with van der Waals surface area (Å²) in [5.74, 6) is 2.60. The lowest BCUT2D eigenvalue weighted by Crippen LogP contribution is -2.13. The van der Waals surface area contributed by atoms with Crippen LogP contribution in [0.5, 0.6) is 23.0 Å². The molecule has 9 heteroatoms. The molecule has 0 saturated heterocycles. The molecule has 0 bridgehead atoms. The van der Waals surface area contributed by atoms with E-state index in [1.165, 1.54) is 13.2 Å². The second-order valence-corrected chi connectivity index (χ2v) is 6.73. The van der Waals surface area contributed by atoms with E-state index in [1.54, 1.807) is 38.3 Å². The van der Waals surface area contributed by atoms with Gasteiger partial charge in [0, 0.05) is 6.07 Å². The number of amides is 1. The summed E-state index contributed by atoms with van der Waals surface area (Å²) in [6.07, 6.45) is 1.45. The Morgan fingerprint density at radius 2 is 1.76 bits per heavy atom. The summed E-state index contributed by atoms with van der Waals surface area (Å²) in [7, 11) is 3.11. The molecule has 0 spiro atoms. The Morgan fingerprint density at radius 3 is 2.39 bits per heavy atom. The summed E-state index contributed by atoms with van der Waals surface area (Å²) in [5.41, 5.74) is 0.496. The van der Waals surface area contributed by atoms with Gasteiger partial charge in [-0.1, -0.05) is 11.2 Å². The molecule has 0 aliphatic carbocycles. The standard InChI is InChI=1S/C24H23N3O6/c1-16-12-23(27-33-16)26-24(28)18(15-25)13-17-4-9-21(22(14-17)30-3)32-11-10-31-20-7-5-19(29-2)6-8-20/h4-9,12-14H,10-11H2,1-3H3,(H,26,27,28)/b18-13-. The zero-order valence-electron chi connectivity index (χ0n) is 18.5. The minimum atomic E-state index is -0.597. The quantitative estimate of drug-likeness (QED) is 0.280. The molecule has 9 nitrogen and oxygen atoms in total. The van der Waals surface area contributed by atoms with Gasteiger partial charge in [0.1, 0.15) is 42.1 Å². The van der Waals surface area contributed by atoms with Crippen molar-refractivity contribution in [3.63, 3.8) is 0 Å². The summed E-state index contributed by atoms with van der Waals surface area (Å²) in [6, 6.07) is 15.8. The van der Waals surface area contributed by atoms with Crippen LogP contribution in [0.25, 0.3) is 6.08 Å². The molecular formula is C24H23N3O6. The fraction of sp³-hybridized carbons (Fsp3) is 0.208. The molecule has 0 radical (unpaired) electrons. The first-order chi connectivity index (χ1) is 16.0. The van der Waals surface area contributed by atoms with Crippen molar-refractivity contribution in [1.82, 2.24) is 5.16 Å². The first-order valence-electron chi connectivity index (χ1n) is 9.96. The molecule has 1 heterocycles. The first kappa shape index (κ1) is 23.2. The second kappa shape index (κ2) is 11.2. The highest BCUT2D eigenvalue weighted by molar-refractivity contribution is 6.09. The summed E-state index contributed by atoms with van der Waals surface area (Å²) in [4.78, 5) is 12.3. The predicted molar refractivity (Wildman–Crippen MR) is 120 cm³/mol. The van der Waals surface area contributed by atoms with Crippen LogP contribution in [0.4, 0.5) is 5.82 Å². The van der Waals surface area contributed by atoms with E-state index in [1.807, 2.05) is 30.3 Å². The normalized spacial score (nSPS) is 10.8.